The smallest absolute Gasteiger partial charge is 0.466 e. The first-order chi connectivity index (χ1) is 9.28. The molecular weight excluding hydrogens is 413 g/mol. The lowest BCUT2D eigenvalue weighted by atomic mass is 10.1. The summed E-state index contributed by atoms with van der Waals surface area (Å²) in [5, 5.41) is 0. The van der Waals surface area contributed by atoms with Crippen molar-refractivity contribution in [2.45, 2.75) is 25.6 Å². The van der Waals surface area contributed by atoms with E-state index in [1.807, 2.05) is 0 Å². The van der Waals surface area contributed by atoms with Gasteiger partial charge in [-0.25, -0.2) is 4.98 Å². The lowest BCUT2D eigenvalue weighted by Gasteiger charge is -2.16. The van der Waals surface area contributed by atoms with E-state index in [1.54, 1.807) is 29.5 Å². The van der Waals surface area contributed by atoms with E-state index in [9.17, 15) is 18.0 Å². The molecule has 0 saturated carbocycles. The van der Waals surface area contributed by atoms with Gasteiger partial charge in [0, 0.05) is 11.8 Å². The number of aromatic nitrogens is 1. The first-order valence-electron chi connectivity index (χ1n) is 5.42. The Morgan fingerprint density at radius 1 is 1.50 bits per heavy atom. The second-order valence-electron chi connectivity index (χ2n) is 3.55. The van der Waals surface area contributed by atoms with E-state index < -0.39 is 18.1 Å². The van der Waals surface area contributed by atoms with Crippen molar-refractivity contribution in [1.29, 1.82) is 0 Å². The summed E-state index contributed by atoms with van der Waals surface area (Å²) in [7, 11) is 0. The molecule has 0 spiro atoms. The van der Waals surface area contributed by atoms with Gasteiger partial charge in [-0.3, -0.25) is 4.79 Å². The molecule has 0 atom stereocenters. The number of halogens is 5. The molecule has 1 rings (SSSR count). The summed E-state index contributed by atoms with van der Waals surface area (Å²) in [5.74, 6) is -1.28. The van der Waals surface area contributed by atoms with Gasteiger partial charge in [0.15, 0.2) is 5.75 Å². The molecule has 20 heavy (non-hydrogen) atoms. The number of nitrogens with zero attached hydrogens (tertiary/aromatic N) is 1. The molecule has 0 N–H and O–H groups in total. The number of rotatable bonds is 5. The van der Waals surface area contributed by atoms with E-state index in [-0.39, 0.29) is 33.7 Å². The largest absolute Gasteiger partial charge is 0.573 e. The Morgan fingerprint density at radius 3 is 2.65 bits per heavy atom. The molecule has 0 aliphatic carbocycles. The molecule has 0 aliphatic rings. The predicted octanol–water partition coefficient (Wildman–Crippen LogP) is 3.43. The van der Waals surface area contributed by atoms with Crippen LogP contribution in [0.15, 0.2) is 6.20 Å². The van der Waals surface area contributed by atoms with E-state index >= 15 is 0 Å². The van der Waals surface area contributed by atoms with Crippen molar-refractivity contribution in [2.75, 3.05) is 6.61 Å². The van der Waals surface area contributed by atoms with Gasteiger partial charge < -0.3 is 9.47 Å². The molecule has 0 saturated heterocycles. The van der Waals surface area contributed by atoms with Gasteiger partial charge in [0.2, 0.25) is 0 Å². The van der Waals surface area contributed by atoms with Gasteiger partial charge in [-0.1, -0.05) is 0 Å². The third kappa shape index (κ3) is 4.97. The zero-order chi connectivity index (χ0) is 15.3. The zero-order valence-electron chi connectivity index (χ0n) is 10.3. The van der Waals surface area contributed by atoms with Crippen molar-refractivity contribution < 1.29 is 27.4 Å². The Hall–Kier alpha value is -0.770. The SMILES string of the molecule is CCOC(=O)Cc1cnc(I)c(OC(F)(F)F)c1CCl. The molecule has 0 radical (unpaired) electrons. The number of ether oxygens (including phenoxy) is 2. The van der Waals surface area contributed by atoms with Crippen LogP contribution in [0.25, 0.3) is 0 Å². The maximum Gasteiger partial charge on any atom is 0.573 e. The second kappa shape index (κ2) is 7.30. The van der Waals surface area contributed by atoms with Gasteiger partial charge in [0.1, 0.15) is 3.70 Å². The molecule has 1 heterocycles. The summed E-state index contributed by atoms with van der Waals surface area (Å²) in [6.07, 6.45) is -3.78. The van der Waals surface area contributed by atoms with Gasteiger partial charge >= 0.3 is 12.3 Å². The van der Waals surface area contributed by atoms with Crippen molar-refractivity contribution in [2.24, 2.45) is 0 Å². The first kappa shape index (κ1) is 17.3. The van der Waals surface area contributed by atoms with Gasteiger partial charge in [0.25, 0.3) is 0 Å². The number of hydrogen-bond acceptors (Lipinski definition) is 4. The Bertz CT molecular complexity index is 497. The molecule has 112 valence electrons. The minimum atomic E-state index is -4.86. The number of hydrogen-bond donors (Lipinski definition) is 0. The van der Waals surface area contributed by atoms with Crippen LogP contribution in [0.1, 0.15) is 18.1 Å². The Labute approximate surface area is 131 Å². The topological polar surface area (TPSA) is 48.4 Å². The van der Waals surface area contributed by atoms with Crippen LogP contribution in [0.2, 0.25) is 0 Å². The maximum atomic E-state index is 12.4. The molecule has 0 unspecified atom stereocenters. The van der Waals surface area contributed by atoms with Crippen LogP contribution < -0.4 is 4.74 Å². The van der Waals surface area contributed by atoms with E-state index in [0.717, 1.165) is 0 Å². The molecule has 0 aromatic carbocycles. The Kier molecular flexibility index (Phi) is 6.31. The van der Waals surface area contributed by atoms with Crippen molar-refractivity contribution in [3.63, 3.8) is 0 Å². The van der Waals surface area contributed by atoms with Crippen LogP contribution >= 0.6 is 34.2 Å². The third-order valence-electron chi connectivity index (χ3n) is 2.17. The van der Waals surface area contributed by atoms with E-state index in [4.69, 9.17) is 16.3 Å². The maximum absolute atomic E-state index is 12.4. The molecule has 9 heteroatoms. The van der Waals surface area contributed by atoms with Gasteiger partial charge in [-0.2, -0.15) is 0 Å². The number of alkyl halides is 4. The van der Waals surface area contributed by atoms with Crippen molar-refractivity contribution in [3.8, 4) is 5.75 Å². The summed E-state index contributed by atoms with van der Waals surface area (Å²) in [6.45, 7) is 1.81. The molecule has 0 aliphatic heterocycles. The van der Waals surface area contributed by atoms with Crippen LogP contribution in [0, 0.1) is 3.70 Å². The normalized spacial score (nSPS) is 11.3. The average molecular weight is 424 g/mol. The monoisotopic (exact) mass is 423 g/mol. The highest BCUT2D eigenvalue weighted by Gasteiger charge is 2.34. The fourth-order valence-electron chi connectivity index (χ4n) is 1.43. The summed E-state index contributed by atoms with van der Waals surface area (Å²) in [6, 6.07) is 0. The molecule has 0 fully saturated rings. The van der Waals surface area contributed by atoms with Crippen LogP contribution in [0.5, 0.6) is 5.75 Å². The molecule has 0 bridgehead atoms. The molecule has 1 aromatic heterocycles. The van der Waals surface area contributed by atoms with Crippen LogP contribution in [0.3, 0.4) is 0 Å². The van der Waals surface area contributed by atoms with Gasteiger partial charge in [-0.15, -0.1) is 24.8 Å². The predicted molar refractivity (Wildman–Crippen MR) is 73.5 cm³/mol. The van der Waals surface area contributed by atoms with Crippen molar-refractivity contribution in [1.82, 2.24) is 4.98 Å². The number of esters is 1. The molecule has 0 amide bonds. The van der Waals surface area contributed by atoms with Crippen molar-refractivity contribution in [3.05, 3.63) is 21.0 Å². The number of pyridine rings is 1. The molecular formula is C11H10ClF3INO3. The lowest BCUT2D eigenvalue weighted by Crippen LogP contribution is -2.20. The third-order valence-corrected chi connectivity index (χ3v) is 3.21. The van der Waals surface area contributed by atoms with E-state index in [0.29, 0.717) is 0 Å². The summed E-state index contributed by atoms with van der Waals surface area (Å²) in [4.78, 5) is 15.2. The fourth-order valence-corrected chi connectivity index (χ4v) is 2.30. The highest BCUT2D eigenvalue weighted by molar-refractivity contribution is 14.1. The van der Waals surface area contributed by atoms with Crippen LogP contribution in [-0.4, -0.2) is 23.9 Å². The quantitative estimate of drug-likeness (QED) is 0.315. The summed E-state index contributed by atoms with van der Waals surface area (Å²) < 4.78 is 45.8. The van der Waals surface area contributed by atoms with Crippen molar-refractivity contribution >= 4 is 40.2 Å². The standard InChI is InChI=1S/C11H10ClF3INO3/c1-2-19-8(18)3-6-5-17-10(16)9(7(6)4-12)20-11(13,14)15/h5H,2-4H2,1H3. The average Bonchev–Trinajstić information content (AvgIpc) is 2.32. The summed E-state index contributed by atoms with van der Waals surface area (Å²) in [5.41, 5.74) is 0.328. The zero-order valence-corrected chi connectivity index (χ0v) is 13.2. The van der Waals surface area contributed by atoms with E-state index in [2.05, 4.69) is 9.72 Å². The minimum absolute atomic E-state index is 0.0168. The molecule has 4 nitrogen and oxygen atoms in total. The Balaban J connectivity index is 3.14. The number of carbonyl (C=O) groups excluding carboxylic acids is 1. The van der Waals surface area contributed by atoms with Gasteiger partial charge in [0.05, 0.1) is 18.9 Å². The number of carbonyl (C=O) groups is 1. The van der Waals surface area contributed by atoms with Gasteiger partial charge in [-0.05, 0) is 35.1 Å². The van der Waals surface area contributed by atoms with E-state index in [1.165, 1.54) is 6.20 Å². The highest BCUT2D eigenvalue weighted by Crippen LogP contribution is 2.33. The first-order valence-corrected chi connectivity index (χ1v) is 7.03. The minimum Gasteiger partial charge on any atom is -0.466 e. The fraction of sp³-hybridized carbons (Fsp3) is 0.455. The highest BCUT2D eigenvalue weighted by atomic mass is 127. The van der Waals surface area contributed by atoms with Crippen LogP contribution in [-0.2, 0) is 21.8 Å². The Morgan fingerprint density at radius 2 is 2.15 bits per heavy atom. The molecule has 1 aromatic rings. The summed E-state index contributed by atoms with van der Waals surface area (Å²) >= 11 is 7.27. The second-order valence-corrected chi connectivity index (χ2v) is 4.83. The lowest BCUT2D eigenvalue weighted by molar-refractivity contribution is -0.275. The van der Waals surface area contributed by atoms with Crippen LogP contribution in [0.4, 0.5) is 13.2 Å².